The van der Waals surface area contributed by atoms with Crippen LogP contribution in [0, 0.1) is 11.3 Å². The molecular formula is C29H33ClN2O4S. The van der Waals surface area contributed by atoms with E-state index >= 15 is 0 Å². The predicted octanol–water partition coefficient (Wildman–Crippen LogP) is 7.00. The van der Waals surface area contributed by atoms with Crippen molar-refractivity contribution in [3.63, 3.8) is 0 Å². The number of thiophene rings is 1. The van der Waals surface area contributed by atoms with E-state index in [-0.39, 0.29) is 23.7 Å². The number of fused-ring (bicyclic) bond motifs is 1. The molecule has 0 bridgehead atoms. The standard InChI is InChI=1S/C29H33ClN2O4S/c1-29(2,3)18-10-11-21-24(15-18)37-28(26(21)27(34)31-20-8-6-7-19(30)16-20)32-25(33)14-17-9-12-22(35-4)23(13-17)36-5/h6-9,12-13,16,18H,10-11,14-15H2,1-5H3,(H,31,34)(H,32,33). The molecule has 196 valence electrons. The van der Waals surface area contributed by atoms with Crippen molar-refractivity contribution in [3.8, 4) is 11.5 Å². The molecule has 4 rings (SSSR count). The highest BCUT2D eigenvalue weighted by atomic mass is 35.5. The number of hydrogen-bond acceptors (Lipinski definition) is 5. The lowest BCUT2D eigenvalue weighted by Gasteiger charge is -2.33. The minimum absolute atomic E-state index is 0.142. The van der Waals surface area contributed by atoms with Crippen molar-refractivity contribution in [3.05, 3.63) is 69.1 Å². The molecule has 2 aromatic carbocycles. The van der Waals surface area contributed by atoms with Crippen LogP contribution in [0.4, 0.5) is 10.7 Å². The zero-order valence-corrected chi connectivity index (χ0v) is 23.4. The quantitative estimate of drug-likeness (QED) is 0.338. The van der Waals surface area contributed by atoms with Crippen LogP contribution < -0.4 is 20.1 Å². The maximum Gasteiger partial charge on any atom is 0.258 e. The number of ether oxygens (including phenoxy) is 2. The van der Waals surface area contributed by atoms with Crippen molar-refractivity contribution in [1.82, 2.24) is 0 Å². The van der Waals surface area contributed by atoms with E-state index in [0.29, 0.717) is 38.7 Å². The molecule has 1 aliphatic carbocycles. The number of nitrogens with one attached hydrogen (secondary N) is 2. The second-order valence-corrected chi connectivity index (χ2v) is 11.9. The lowest BCUT2D eigenvalue weighted by molar-refractivity contribution is -0.115. The molecule has 0 saturated carbocycles. The summed E-state index contributed by atoms with van der Waals surface area (Å²) in [6, 6.07) is 12.5. The van der Waals surface area contributed by atoms with Crippen molar-refractivity contribution < 1.29 is 19.1 Å². The Morgan fingerprint density at radius 1 is 1.05 bits per heavy atom. The molecule has 3 aromatic rings. The summed E-state index contributed by atoms with van der Waals surface area (Å²) in [5.74, 6) is 1.24. The Morgan fingerprint density at radius 3 is 2.49 bits per heavy atom. The first-order valence-corrected chi connectivity index (χ1v) is 13.5. The monoisotopic (exact) mass is 540 g/mol. The fourth-order valence-electron chi connectivity index (χ4n) is 4.76. The van der Waals surface area contributed by atoms with Gasteiger partial charge in [0.1, 0.15) is 5.00 Å². The number of carbonyl (C=O) groups is 2. The van der Waals surface area contributed by atoms with Gasteiger partial charge in [-0.2, -0.15) is 0 Å². The molecule has 0 aliphatic heterocycles. The number of rotatable bonds is 7. The zero-order valence-electron chi connectivity index (χ0n) is 21.9. The molecule has 1 atom stereocenters. The number of hydrogen-bond donors (Lipinski definition) is 2. The second kappa shape index (κ2) is 11.2. The molecule has 1 heterocycles. The van der Waals surface area contributed by atoms with Gasteiger partial charge in [-0.1, -0.05) is 44.5 Å². The first kappa shape index (κ1) is 27.0. The fraction of sp³-hybridized carbons (Fsp3) is 0.379. The first-order chi connectivity index (χ1) is 17.6. The lowest BCUT2D eigenvalue weighted by atomic mass is 9.72. The van der Waals surface area contributed by atoms with E-state index in [4.69, 9.17) is 21.1 Å². The Morgan fingerprint density at radius 2 is 1.81 bits per heavy atom. The van der Waals surface area contributed by atoms with Crippen molar-refractivity contribution in [2.75, 3.05) is 24.9 Å². The predicted molar refractivity (Wildman–Crippen MR) is 151 cm³/mol. The summed E-state index contributed by atoms with van der Waals surface area (Å²) in [5, 5.41) is 7.13. The normalized spacial score (nSPS) is 15.0. The molecule has 2 N–H and O–H groups in total. The summed E-state index contributed by atoms with van der Waals surface area (Å²) in [6.07, 6.45) is 2.84. The number of benzene rings is 2. The summed E-state index contributed by atoms with van der Waals surface area (Å²) < 4.78 is 10.7. The molecule has 0 spiro atoms. The molecule has 2 amide bonds. The van der Waals surface area contributed by atoms with Gasteiger partial charge in [0.15, 0.2) is 11.5 Å². The Labute approximate surface area is 227 Å². The molecule has 1 aliphatic rings. The Hall–Kier alpha value is -3.03. The van der Waals surface area contributed by atoms with Gasteiger partial charge < -0.3 is 20.1 Å². The molecular weight excluding hydrogens is 508 g/mol. The molecule has 8 heteroatoms. The zero-order chi connectivity index (χ0) is 26.7. The Kier molecular flexibility index (Phi) is 8.14. The minimum Gasteiger partial charge on any atom is -0.493 e. The topological polar surface area (TPSA) is 76.7 Å². The van der Waals surface area contributed by atoms with Crippen molar-refractivity contribution >= 4 is 45.4 Å². The average molecular weight is 541 g/mol. The number of halogens is 1. The van der Waals surface area contributed by atoms with Crippen LogP contribution in [0.3, 0.4) is 0 Å². The third-order valence-corrected chi connectivity index (χ3v) is 8.27. The summed E-state index contributed by atoms with van der Waals surface area (Å²) in [6.45, 7) is 6.78. The van der Waals surface area contributed by atoms with Crippen LogP contribution in [-0.2, 0) is 24.1 Å². The van der Waals surface area contributed by atoms with E-state index in [1.54, 1.807) is 50.6 Å². The summed E-state index contributed by atoms with van der Waals surface area (Å²) >= 11 is 7.63. The molecule has 37 heavy (non-hydrogen) atoms. The maximum atomic E-state index is 13.5. The molecule has 1 aromatic heterocycles. The summed E-state index contributed by atoms with van der Waals surface area (Å²) in [7, 11) is 3.14. The van der Waals surface area contributed by atoms with Gasteiger partial charge in [-0.3, -0.25) is 9.59 Å². The minimum atomic E-state index is -0.240. The molecule has 1 unspecified atom stereocenters. The van der Waals surface area contributed by atoms with Gasteiger partial charge in [-0.15, -0.1) is 11.3 Å². The number of methoxy groups -OCH3 is 2. The highest BCUT2D eigenvalue weighted by molar-refractivity contribution is 7.17. The van der Waals surface area contributed by atoms with E-state index in [1.165, 1.54) is 16.2 Å². The van der Waals surface area contributed by atoms with E-state index < -0.39 is 0 Å². The van der Waals surface area contributed by atoms with Crippen LogP contribution in [0.15, 0.2) is 42.5 Å². The third-order valence-electron chi connectivity index (χ3n) is 6.87. The van der Waals surface area contributed by atoms with Gasteiger partial charge in [-0.05, 0) is 72.1 Å². The molecule has 6 nitrogen and oxygen atoms in total. The lowest BCUT2D eigenvalue weighted by Crippen LogP contribution is -2.27. The number of carbonyl (C=O) groups excluding carboxylic acids is 2. The third kappa shape index (κ3) is 6.28. The summed E-state index contributed by atoms with van der Waals surface area (Å²) in [4.78, 5) is 27.8. The van der Waals surface area contributed by atoms with E-state index in [1.807, 2.05) is 6.07 Å². The SMILES string of the molecule is COc1ccc(CC(=O)Nc2sc3c(c2C(=O)Nc2cccc(Cl)c2)CCC(C(C)(C)C)C3)cc1OC. The Bertz CT molecular complexity index is 1310. The van der Waals surface area contributed by atoms with Crippen molar-refractivity contribution in [2.45, 2.75) is 46.5 Å². The van der Waals surface area contributed by atoms with Gasteiger partial charge in [0, 0.05) is 15.6 Å². The van der Waals surface area contributed by atoms with E-state index in [0.717, 1.165) is 30.4 Å². The average Bonchev–Trinajstić information content (AvgIpc) is 3.20. The largest absolute Gasteiger partial charge is 0.493 e. The van der Waals surface area contributed by atoms with Crippen LogP contribution in [-0.4, -0.2) is 26.0 Å². The van der Waals surface area contributed by atoms with Gasteiger partial charge in [-0.25, -0.2) is 0 Å². The van der Waals surface area contributed by atoms with Gasteiger partial charge in [0.05, 0.1) is 26.2 Å². The number of amides is 2. The van der Waals surface area contributed by atoms with Gasteiger partial charge >= 0.3 is 0 Å². The van der Waals surface area contributed by atoms with Crippen LogP contribution >= 0.6 is 22.9 Å². The molecule has 0 radical (unpaired) electrons. The van der Waals surface area contributed by atoms with Gasteiger partial charge in [0.25, 0.3) is 5.91 Å². The van der Waals surface area contributed by atoms with E-state index in [9.17, 15) is 9.59 Å². The van der Waals surface area contributed by atoms with Crippen LogP contribution in [0.1, 0.15) is 53.6 Å². The van der Waals surface area contributed by atoms with Crippen LogP contribution in [0.2, 0.25) is 5.02 Å². The number of anilines is 2. The Balaban J connectivity index is 1.62. The second-order valence-electron chi connectivity index (χ2n) is 10.4. The van der Waals surface area contributed by atoms with E-state index in [2.05, 4.69) is 31.4 Å². The van der Waals surface area contributed by atoms with Crippen molar-refractivity contribution in [1.29, 1.82) is 0 Å². The fourth-order valence-corrected chi connectivity index (χ4v) is 6.29. The summed E-state index contributed by atoms with van der Waals surface area (Å²) in [5.41, 5.74) is 3.15. The molecule has 0 saturated heterocycles. The van der Waals surface area contributed by atoms with Crippen LogP contribution in [0.25, 0.3) is 0 Å². The van der Waals surface area contributed by atoms with Gasteiger partial charge in [0.2, 0.25) is 5.91 Å². The highest BCUT2D eigenvalue weighted by Crippen LogP contribution is 2.44. The highest BCUT2D eigenvalue weighted by Gasteiger charge is 2.34. The van der Waals surface area contributed by atoms with Crippen molar-refractivity contribution in [2.24, 2.45) is 11.3 Å². The molecule has 0 fully saturated rings. The van der Waals surface area contributed by atoms with Crippen LogP contribution in [0.5, 0.6) is 11.5 Å². The maximum absolute atomic E-state index is 13.5. The smallest absolute Gasteiger partial charge is 0.258 e. The first-order valence-electron chi connectivity index (χ1n) is 12.3.